The number of unbranched alkanes of at least 4 members (excludes halogenated alkanes) is 16. The van der Waals surface area contributed by atoms with Gasteiger partial charge in [-0.15, -0.1) is 5.06 Å². The predicted molar refractivity (Wildman–Crippen MR) is 118 cm³/mol. The average molecular weight is 382 g/mol. The fourth-order valence-electron chi connectivity index (χ4n) is 3.33. The molecular formula is C24H47NO2. The Morgan fingerprint density at radius 1 is 0.704 bits per heavy atom. The van der Waals surface area contributed by atoms with E-state index in [-0.39, 0.29) is 5.97 Å². The number of allylic oxidation sites excluding steroid dienone is 1. The van der Waals surface area contributed by atoms with Gasteiger partial charge in [0.15, 0.2) is 0 Å². The molecule has 0 radical (unpaired) electrons. The minimum absolute atomic E-state index is 0.239. The van der Waals surface area contributed by atoms with Crippen molar-refractivity contribution < 1.29 is 9.63 Å². The molecule has 0 atom stereocenters. The lowest BCUT2D eigenvalue weighted by molar-refractivity contribution is -0.172. The lowest BCUT2D eigenvalue weighted by atomic mass is 10.0. The van der Waals surface area contributed by atoms with Crippen LogP contribution in [0.5, 0.6) is 0 Å². The summed E-state index contributed by atoms with van der Waals surface area (Å²) in [6.07, 6.45) is 25.2. The van der Waals surface area contributed by atoms with E-state index in [2.05, 4.69) is 6.92 Å². The molecule has 0 spiro atoms. The SMILES string of the molecule is CCCCCCCCCCCCCCCCCCC=C(C)C(=O)ON(C)C. The van der Waals surface area contributed by atoms with Crippen molar-refractivity contribution in [3.05, 3.63) is 11.6 Å². The molecule has 0 aromatic carbocycles. The molecule has 0 heterocycles. The molecular weight excluding hydrogens is 334 g/mol. The molecule has 0 N–H and O–H groups in total. The van der Waals surface area contributed by atoms with Crippen molar-refractivity contribution in [2.75, 3.05) is 14.1 Å². The van der Waals surface area contributed by atoms with E-state index in [1.807, 2.05) is 13.0 Å². The molecule has 0 amide bonds. The Kier molecular flexibility index (Phi) is 19.3. The zero-order valence-corrected chi connectivity index (χ0v) is 18.9. The highest BCUT2D eigenvalue weighted by molar-refractivity contribution is 5.87. The molecule has 0 aliphatic rings. The van der Waals surface area contributed by atoms with Crippen LogP contribution in [0, 0.1) is 0 Å². The minimum Gasteiger partial charge on any atom is -0.365 e. The molecule has 3 heteroatoms. The van der Waals surface area contributed by atoms with Gasteiger partial charge in [0.1, 0.15) is 0 Å². The van der Waals surface area contributed by atoms with Crippen molar-refractivity contribution in [3.8, 4) is 0 Å². The van der Waals surface area contributed by atoms with Crippen LogP contribution in [0.25, 0.3) is 0 Å². The van der Waals surface area contributed by atoms with Crippen LogP contribution >= 0.6 is 0 Å². The van der Waals surface area contributed by atoms with Crippen LogP contribution in [0.4, 0.5) is 0 Å². The standard InChI is InChI=1S/C24H47NO2/c1-5-6-7-8-9-10-11-12-13-14-15-16-17-18-19-20-21-22-23(2)24(26)27-25(3)4/h22H,5-21H2,1-4H3. The number of carbonyl (C=O) groups excluding carboxylic acids is 1. The Bertz CT molecular complexity index is 363. The maximum Gasteiger partial charge on any atom is 0.352 e. The van der Waals surface area contributed by atoms with E-state index in [1.165, 1.54) is 108 Å². The summed E-state index contributed by atoms with van der Waals surface area (Å²) in [5, 5.41) is 1.44. The molecule has 160 valence electrons. The van der Waals surface area contributed by atoms with Gasteiger partial charge in [-0.2, -0.15) is 0 Å². The smallest absolute Gasteiger partial charge is 0.352 e. The fourth-order valence-corrected chi connectivity index (χ4v) is 3.33. The molecule has 0 saturated carbocycles. The van der Waals surface area contributed by atoms with E-state index >= 15 is 0 Å². The lowest BCUT2D eigenvalue weighted by Crippen LogP contribution is -2.19. The van der Waals surface area contributed by atoms with Gasteiger partial charge in [0.05, 0.1) is 0 Å². The van der Waals surface area contributed by atoms with Gasteiger partial charge < -0.3 is 4.84 Å². The molecule has 0 aromatic rings. The molecule has 0 rings (SSSR count). The van der Waals surface area contributed by atoms with Crippen LogP contribution in [0.1, 0.15) is 123 Å². The van der Waals surface area contributed by atoms with Crippen LogP contribution in [0.15, 0.2) is 11.6 Å². The van der Waals surface area contributed by atoms with E-state index in [0.717, 1.165) is 6.42 Å². The maximum atomic E-state index is 11.6. The van der Waals surface area contributed by atoms with Crippen molar-refractivity contribution in [2.45, 2.75) is 123 Å². The summed E-state index contributed by atoms with van der Waals surface area (Å²) < 4.78 is 0. The number of hydroxylamine groups is 2. The molecule has 0 aromatic heterocycles. The molecule has 0 saturated heterocycles. The van der Waals surface area contributed by atoms with E-state index in [1.54, 1.807) is 14.1 Å². The van der Waals surface area contributed by atoms with Crippen LogP contribution in [0.2, 0.25) is 0 Å². The van der Waals surface area contributed by atoms with Crippen molar-refractivity contribution in [1.82, 2.24) is 5.06 Å². The van der Waals surface area contributed by atoms with E-state index in [0.29, 0.717) is 5.57 Å². The van der Waals surface area contributed by atoms with Gasteiger partial charge in [0, 0.05) is 19.7 Å². The van der Waals surface area contributed by atoms with Crippen molar-refractivity contribution >= 4 is 5.97 Å². The molecule has 27 heavy (non-hydrogen) atoms. The third-order valence-corrected chi connectivity index (χ3v) is 5.10. The number of hydrogen-bond donors (Lipinski definition) is 0. The third-order valence-electron chi connectivity index (χ3n) is 5.10. The van der Waals surface area contributed by atoms with E-state index in [4.69, 9.17) is 4.84 Å². The normalized spacial score (nSPS) is 12.0. The Hall–Kier alpha value is -0.830. The fraction of sp³-hybridized carbons (Fsp3) is 0.875. The van der Waals surface area contributed by atoms with Crippen molar-refractivity contribution in [3.63, 3.8) is 0 Å². The van der Waals surface area contributed by atoms with Gasteiger partial charge >= 0.3 is 5.97 Å². The summed E-state index contributed by atoms with van der Waals surface area (Å²) in [6, 6.07) is 0. The first-order valence-electron chi connectivity index (χ1n) is 11.6. The monoisotopic (exact) mass is 381 g/mol. The highest BCUT2D eigenvalue weighted by atomic mass is 16.7. The quantitative estimate of drug-likeness (QED) is 0.131. The predicted octanol–water partition coefficient (Wildman–Crippen LogP) is 7.60. The number of nitrogens with zero attached hydrogens (tertiary/aromatic N) is 1. The summed E-state index contributed by atoms with van der Waals surface area (Å²) in [5.41, 5.74) is 0.713. The number of rotatable bonds is 19. The zero-order valence-electron chi connectivity index (χ0n) is 18.9. The largest absolute Gasteiger partial charge is 0.365 e. The Morgan fingerprint density at radius 3 is 1.44 bits per heavy atom. The highest BCUT2D eigenvalue weighted by Crippen LogP contribution is 2.14. The third kappa shape index (κ3) is 19.7. The second kappa shape index (κ2) is 19.9. The van der Waals surface area contributed by atoms with Crippen molar-refractivity contribution in [2.24, 2.45) is 0 Å². The average Bonchev–Trinajstić information content (AvgIpc) is 2.63. The first kappa shape index (κ1) is 26.2. The van der Waals surface area contributed by atoms with E-state index < -0.39 is 0 Å². The summed E-state index contributed by atoms with van der Waals surface area (Å²) in [6.45, 7) is 4.12. The van der Waals surface area contributed by atoms with Gasteiger partial charge in [-0.25, -0.2) is 4.79 Å². The van der Waals surface area contributed by atoms with Gasteiger partial charge in [-0.05, 0) is 19.8 Å². The molecule has 0 aliphatic heterocycles. The van der Waals surface area contributed by atoms with Gasteiger partial charge in [0.25, 0.3) is 0 Å². The van der Waals surface area contributed by atoms with Crippen LogP contribution < -0.4 is 0 Å². The van der Waals surface area contributed by atoms with Crippen molar-refractivity contribution in [1.29, 1.82) is 0 Å². The number of hydrogen-bond acceptors (Lipinski definition) is 3. The van der Waals surface area contributed by atoms with Crippen LogP contribution in [0.3, 0.4) is 0 Å². The summed E-state index contributed by atoms with van der Waals surface area (Å²) in [7, 11) is 3.45. The Balaban J connectivity index is 3.26. The van der Waals surface area contributed by atoms with Gasteiger partial charge in [-0.3, -0.25) is 0 Å². The number of carbonyl (C=O) groups is 1. The minimum atomic E-state index is -0.239. The summed E-state index contributed by atoms with van der Waals surface area (Å²) >= 11 is 0. The van der Waals surface area contributed by atoms with E-state index in [9.17, 15) is 4.79 Å². The van der Waals surface area contributed by atoms with Gasteiger partial charge in [-0.1, -0.05) is 109 Å². The summed E-state index contributed by atoms with van der Waals surface area (Å²) in [4.78, 5) is 16.6. The Labute approximate surface area is 169 Å². The highest BCUT2D eigenvalue weighted by Gasteiger charge is 2.06. The molecule has 0 aliphatic carbocycles. The first-order chi connectivity index (χ1) is 13.1. The van der Waals surface area contributed by atoms with Crippen LogP contribution in [-0.2, 0) is 9.63 Å². The first-order valence-corrected chi connectivity index (χ1v) is 11.6. The molecule has 0 bridgehead atoms. The molecule has 0 fully saturated rings. The maximum absolute atomic E-state index is 11.6. The van der Waals surface area contributed by atoms with Crippen LogP contribution in [-0.4, -0.2) is 25.1 Å². The summed E-state index contributed by atoms with van der Waals surface area (Å²) in [5.74, 6) is -0.239. The topological polar surface area (TPSA) is 29.5 Å². The zero-order chi connectivity index (χ0) is 20.2. The Morgan fingerprint density at radius 2 is 1.07 bits per heavy atom. The molecule has 0 unspecified atom stereocenters. The molecule has 3 nitrogen and oxygen atoms in total. The second-order valence-electron chi connectivity index (χ2n) is 8.17. The van der Waals surface area contributed by atoms with Gasteiger partial charge in [0.2, 0.25) is 0 Å². The second-order valence-corrected chi connectivity index (χ2v) is 8.17. The lowest BCUT2D eigenvalue weighted by Gasteiger charge is -2.09.